The molecule has 27 heavy (non-hydrogen) atoms. The quantitative estimate of drug-likeness (QED) is 0.134. The summed E-state index contributed by atoms with van der Waals surface area (Å²) in [5.41, 5.74) is 12.7. The number of carbonyl (C=O) groups is 4. The molecule has 0 aliphatic carbocycles. The SMILES string of the molecule is CC(O)C(N)C(=O)N(C)NC(=O)C(CC(N)=O)NC(=S)NC(CO)C(=O)O. The highest BCUT2D eigenvalue weighted by atomic mass is 32.1. The Balaban J connectivity index is 5.05. The molecule has 4 unspecified atom stereocenters. The third-order valence-electron chi connectivity index (χ3n) is 3.23. The van der Waals surface area contributed by atoms with Crippen molar-refractivity contribution in [2.45, 2.75) is 37.6 Å². The molecule has 0 heterocycles. The second-order valence-electron chi connectivity index (χ2n) is 5.55. The van der Waals surface area contributed by atoms with Gasteiger partial charge in [0.25, 0.3) is 11.8 Å². The number of aliphatic hydroxyl groups is 2. The van der Waals surface area contributed by atoms with Gasteiger partial charge >= 0.3 is 5.97 Å². The summed E-state index contributed by atoms with van der Waals surface area (Å²) in [4.78, 5) is 46.2. The molecule has 0 fully saturated rings. The average molecular weight is 408 g/mol. The minimum absolute atomic E-state index is 0.340. The van der Waals surface area contributed by atoms with Crippen molar-refractivity contribution in [3.63, 3.8) is 0 Å². The van der Waals surface area contributed by atoms with E-state index in [9.17, 15) is 24.3 Å². The van der Waals surface area contributed by atoms with Gasteiger partial charge in [-0.25, -0.2) is 4.79 Å². The number of carbonyl (C=O) groups excluding carboxylic acids is 3. The molecule has 10 N–H and O–H groups in total. The number of likely N-dealkylation sites (N-methyl/N-ethyl adjacent to an activating group) is 1. The number of nitrogens with two attached hydrogens (primary N) is 2. The van der Waals surface area contributed by atoms with Crippen molar-refractivity contribution in [2.75, 3.05) is 13.7 Å². The number of nitrogens with zero attached hydrogens (tertiary/aromatic N) is 1. The van der Waals surface area contributed by atoms with Crippen LogP contribution in [0.3, 0.4) is 0 Å². The molecule has 0 rings (SSSR count). The van der Waals surface area contributed by atoms with E-state index in [2.05, 4.69) is 16.1 Å². The number of amides is 3. The lowest BCUT2D eigenvalue weighted by molar-refractivity contribution is -0.143. The van der Waals surface area contributed by atoms with Crippen LogP contribution >= 0.6 is 12.2 Å². The third kappa shape index (κ3) is 8.59. The number of carboxylic acid groups (broad SMARTS) is 1. The summed E-state index contributed by atoms with van der Waals surface area (Å²) in [6.07, 6.45) is -1.70. The van der Waals surface area contributed by atoms with Gasteiger partial charge in [-0.15, -0.1) is 0 Å². The summed E-state index contributed by atoms with van der Waals surface area (Å²) < 4.78 is 0. The number of hydrazine groups is 1. The Kier molecular flexibility index (Phi) is 10.2. The normalized spacial score (nSPS) is 14.9. The molecule has 0 aromatic carbocycles. The van der Waals surface area contributed by atoms with E-state index in [1.807, 2.05) is 0 Å². The van der Waals surface area contributed by atoms with Gasteiger partial charge in [0.15, 0.2) is 5.11 Å². The van der Waals surface area contributed by atoms with Gasteiger partial charge in [0.1, 0.15) is 18.1 Å². The number of aliphatic carboxylic acids is 1. The highest BCUT2D eigenvalue weighted by molar-refractivity contribution is 7.80. The Labute approximate surface area is 160 Å². The van der Waals surface area contributed by atoms with Crippen LogP contribution in [0.15, 0.2) is 0 Å². The predicted octanol–water partition coefficient (Wildman–Crippen LogP) is -4.66. The van der Waals surface area contributed by atoms with Gasteiger partial charge in [-0.1, -0.05) is 0 Å². The van der Waals surface area contributed by atoms with Crippen LogP contribution in [0, 0.1) is 0 Å². The van der Waals surface area contributed by atoms with Crippen LogP contribution in [0.2, 0.25) is 0 Å². The number of thiocarbonyl (C=S) groups is 1. The lowest BCUT2D eigenvalue weighted by atomic mass is 10.2. The number of primary amides is 1. The van der Waals surface area contributed by atoms with Crippen molar-refractivity contribution in [1.29, 1.82) is 0 Å². The molecule has 0 aliphatic heterocycles. The lowest BCUT2D eigenvalue weighted by Crippen LogP contribution is -2.59. The molecule has 14 heteroatoms. The monoisotopic (exact) mass is 408 g/mol. The van der Waals surface area contributed by atoms with Crippen LogP contribution in [-0.4, -0.2) is 87.0 Å². The standard InChI is InChI=1S/C13H24N6O7S/c1-5(21)9(15)11(24)19(2)18-10(23)6(3-8(14)22)16-13(27)17-7(4-20)12(25)26/h5-7,9,20-21H,3-4,15H2,1-2H3,(H2,14,22)(H,18,23)(H,25,26)(H2,16,17,27). The van der Waals surface area contributed by atoms with Gasteiger partial charge in [0.2, 0.25) is 5.91 Å². The predicted molar refractivity (Wildman–Crippen MR) is 95.5 cm³/mol. The average Bonchev–Trinajstić information content (AvgIpc) is 2.56. The molecule has 0 bridgehead atoms. The van der Waals surface area contributed by atoms with Crippen molar-refractivity contribution in [3.8, 4) is 0 Å². The fourth-order valence-corrected chi connectivity index (χ4v) is 1.97. The van der Waals surface area contributed by atoms with Gasteiger partial charge in [-0.3, -0.25) is 24.8 Å². The summed E-state index contributed by atoms with van der Waals surface area (Å²) >= 11 is 4.84. The first kappa shape index (κ1) is 24.5. The highest BCUT2D eigenvalue weighted by Gasteiger charge is 2.28. The Hall–Kier alpha value is -2.55. The Bertz CT molecular complexity index is 588. The van der Waals surface area contributed by atoms with Crippen LogP contribution in [0.1, 0.15) is 13.3 Å². The van der Waals surface area contributed by atoms with Crippen LogP contribution in [0.5, 0.6) is 0 Å². The molecule has 4 atom stereocenters. The molecule has 0 aromatic rings. The Morgan fingerprint density at radius 1 is 1.19 bits per heavy atom. The molecular weight excluding hydrogens is 384 g/mol. The molecule has 13 nitrogen and oxygen atoms in total. The molecule has 3 amide bonds. The first-order valence-corrected chi connectivity index (χ1v) is 8.02. The van der Waals surface area contributed by atoms with Gasteiger partial charge < -0.3 is 37.4 Å². The number of aliphatic hydroxyl groups excluding tert-OH is 2. The number of rotatable bonds is 9. The van der Waals surface area contributed by atoms with E-state index in [0.29, 0.717) is 0 Å². The smallest absolute Gasteiger partial charge is 0.328 e. The molecule has 0 aromatic heterocycles. The Morgan fingerprint density at radius 2 is 1.70 bits per heavy atom. The topological polar surface area (TPSA) is 220 Å². The van der Waals surface area contributed by atoms with Crippen molar-refractivity contribution < 1.29 is 34.5 Å². The van der Waals surface area contributed by atoms with Gasteiger partial charge in [0, 0.05) is 7.05 Å². The first-order valence-electron chi connectivity index (χ1n) is 7.61. The number of carboxylic acids is 1. The van der Waals surface area contributed by atoms with Crippen molar-refractivity contribution in [1.82, 2.24) is 21.1 Å². The summed E-state index contributed by atoms with van der Waals surface area (Å²) in [7, 11) is 1.17. The zero-order valence-corrected chi connectivity index (χ0v) is 15.5. The molecule has 0 aliphatic rings. The number of nitrogens with one attached hydrogen (secondary N) is 3. The van der Waals surface area contributed by atoms with Gasteiger partial charge in [0.05, 0.1) is 19.1 Å². The van der Waals surface area contributed by atoms with E-state index >= 15 is 0 Å². The van der Waals surface area contributed by atoms with E-state index in [4.69, 9.17) is 33.9 Å². The van der Waals surface area contributed by atoms with Crippen molar-refractivity contribution in [3.05, 3.63) is 0 Å². The maximum Gasteiger partial charge on any atom is 0.328 e. The van der Waals surface area contributed by atoms with E-state index in [1.54, 1.807) is 0 Å². The minimum atomic E-state index is -1.43. The number of hydrogen-bond donors (Lipinski definition) is 8. The van der Waals surface area contributed by atoms with Gasteiger partial charge in [-0.05, 0) is 19.1 Å². The molecule has 0 saturated carbocycles. The maximum absolute atomic E-state index is 12.3. The van der Waals surface area contributed by atoms with Gasteiger partial charge in [-0.2, -0.15) is 0 Å². The van der Waals surface area contributed by atoms with Crippen LogP contribution in [0.4, 0.5) is 0 Å². The largest absolute Gasteiger partial charge is 0.480 e. The molecule has 0 radical (unpaired) electrons. The molecule has 0 saturated heterocycles. The van der Waals surface area contributed by atoms with E-state index in [-0.39, 0.29) is 5.11 Å². The zero-order valence-electron chi connectivity index (χ0n) is 14.7. The van der Waals surface area contributed by atoms with Crippen LogP contribution in [0.25, 0.3) is 0 Å². The van der Waals surface area contributed by atoms with Crippen molar-refractivity contribution in [2.24, 2.45) is 11.5 Å². The lowest BCUT2D eigenvalue weighted by Gasteiger charge is -2.26. The maximum atomic E-state index is 12.3. The summed E-state index contributed by atoms with van der Waals surface area (Å²) in [6, 6.07) is -4.08. The van der Waals surface area contributed by atoms with Crippen LogP contribution in [-0.2, 0) is 19.2 Å². The van der Waals surface area contributed by atoms with E-state index in [0.717, 1.165) is 5.01 Å². The van der Waals surface area contributed by atoms with E-state index < -0.39 is 60.9 Å². The van der Waals surface area contributed by atoms with Crippen LogP contribution < -0.4 is 27.5 Å². The zero-order chi connectivity index (χ0) is 21.3. The van der Waals surface area contributed by atoms with E-state index in [1.165, 1.54) is 14.0 Å². The molecule has 154 valence electrons. The minimum Gasteiger partial charge on any atom is -0.480 e. The highest BCUT2D eigenvalue weighted by Crippen LogP contribution is 1.97. The number of hydrogen-bond acceptors (Lipinski definition) is 8. The summed E-state index contributed by atoms with van der Waals surface area (Å²) in [6.45, 7) is 0.512. The second-order valence-corrected chi connectivity index (χ2v) is 5.96. The fourth-order valence-electron chi connectivity index (χ4n) is 1.68. The molecular formula is C13H24N6O7S. The molecule has 0 spiro atoms. The first-order chi connectivity index (χ1) is 12.4. The fraction of sp³-hybridized carbons (Fsp3) is 0.615. The third-order valence-corrected chi connectivity index (χ3v) is 3.46. The second kappa shape index (κ2) is 11.2. The summed E-state index contributed by atoms with van der Waals surface area (Å²) in [5.74, 6) is -3.97. The van der Waals surface area contributed by atoms with Crippen molar-refractivity contribution >= 4 is 41.0 Å². The summed E-state index contributed by atoms with van der Waals surface area (Å²) in [5, 5.41) is 32.1. The Morgan fingerprint density at radius 3 is 2.11 bits per heavy atom.